The number of benzene rings is 1. The molecule has 0 saturated carbocycles. The van der Waals surface area contributed by atoms with Crippen molar-refractivity contribution >= 4 is 52.1 Å². The van der Waals surface area contributed by atoms with Crippen LogP contribution in [-0.2, 0) is 14.3 Å². The highest BCUT2D eigenvalue weighted by Gasteiger charge is 2.40. The molecule has 1 unspecified atom stereocenters. The maximum absolute atomic E-state index is 13.9. The maximum atomic E-state index is 13.9. The lowest BCUT2D eigenvalue weighted by molar-refractivity contribution is -0.384. The van der Waals surface area contributed by atoms with Gasteiger partial charge in [0.05, 0.1) is 45.7 Å². The van der Waals surface area contributed by atoms with E-state index >= 15 is 0 Å². The van der Waals surface area contributed by atoms with Crippen LogP contribution in [-0.4, -0.2) is 28.0 Å². The number of nitrogens with one attached hydrogen (secondary N) is 1. The number of nitrogens with two attached hydrogens (primary N) is 1. The number of nitrogens with zero attached hydrogens (tertiary/aromatic N) is 2. The minimum absolute atomic E-state index is 0.0125. The summed E-state index contributed by atoms with van der Waals surface area (Å²) in [6, 6.07) is 11.8. The Kier molecular flexibility index (Phi) is 6.73. The summed E-state index contributed by atoms with van der Waals surface area (Å²) in [5, 5.41) is 13.9. The number of carbonyl (C=O) groups is 2. The molecule has 0 aliphatic carbocycles. The van der Waals surface area contributed by atoms with E-state index in [1.807, 2.05) is 0 Å². The largest absolute Gasteiger partial charge is 0.468 e. The highest BCUT2D eigenvalue weighted by Crippen LogP contribution is 2.38. The van der Waals surface area contributed by atoms with Crippen molar-refractivity contribution in [2.75, 3.05) is 11.9 Å². The number of non-ortho nitro benzene ring substituents is 1. The Morgan fingerprint density at radius 1 is 1.18 bits per heavy atom. The summed E-state index contributed by atoms with van der Waals surface area (Å²) in [4.78, 5) is 51.2. The predicted molar refractivity (Wildman–Crippen MR) is 141 cm³/mol. The minimum Gasteiger partial charge on any atom is -0.468 e. The Bertz CT molecular complexity index is 1800. The third-order valence-electron chi connectivity index (χ3n) is 5.85. The summed E-state index contributed by atoms with van der Waals surface area (Å²) in [7, 11) is 0. The summed E-state index contributed by atoms with van der Waals surface area (Å²) in [6.45, 7) is 1.62. The topological polar surface area (TPSA) is 173 Å². The number of rotatable bonds is 7. The zero-order valence-electron chi connectivity index (χ0n) is 20.3. The second-order valence-corrected chi connectivity index (χ2v) is 9.25. The Balaban J connectivity index is 1.79. The molecule has 5 rings (SSSR count). The standard InChI is InChI=1S/C26H20N4O8S/c1-2-36-26(33)20-19(17-9-5-11-38-17)21(23(31)28-14-6-3-7-15(12-14)30(34)35)25-29(22(20)27)24(32)18(39-25)13-16-8-4-10-37-16/h3-13,19H,2,27H2,1H3,(H,28,31)/b18-13-. The van der Waals surface area contributed by atoms with Gasteiger partial charge in [-0.1, -0.05) is 6.07 Å². The molecule has 12 nitrogen and oxygen atoms in total. The van der Waals surface area contributed by atoms with Crippen molar-refractivity contribution in [3.8, 4) is 0 Å². The van der Waals surface area contributed by atoms with Crippen LogP contribution in [0.5, 0.6) is 0 Å². The van der Waals surface area contributed by atoms with Gasteiger partial charge in [-0.05, 0) is 37.3 Å². The van der Waals surface area contributed by atoms with Crippen LogP contribution in [0.1, 0.15) is 24.4 Å². The first-order valence-corrected chi connectivity index (χ1v) is 12.4. The summed E-state index contributed by atoms with van der Waals surface area (Å²) < 4.78 is 17.6. The number of amides is 1. The SMILES string of the molecule is CCOC(=O)C1=C(N)n2c(s/c(=C\c3ccco3)c2=O)=C(C(=O)Nc2cccc([N+](=O)[O-])c2)C1c1ccco1. The molecule has 1 aliphatic rings. The van der Waals surface area contributed by atoms with Gasteiger partial charge in [-0.3, -0.25) is 24.3 Å². The van der Waals surface area contributed by atoms with E-state index in [1.165, 1.54) is 42.9 Å². The van der Waals surface area contributed by atoms with Gasteiger partial charge in [-0.15, -0.1) is 11.3 Å². The predicted octanol–water partition coefficient (Wildman–Crippen LogP) is 2.11. The first kappa shape index (κ1) is 25.5. The van der Waals surface area contributed by atoms with Crippen molar-refractivity contribution < 1.29 is 28.1 Å². The molecule has 1 aromatic carbocycles. The van der Waals surface area contributed by atoms with Crippen molar-refractivity contribution in [1.29, 1.82) is 0 Å². The van der Waals surface area contributed by atoms with Crippen LogP contribution in [0.25, 0.3) is 17.5 Å². The van der Waals surface area contributed by atoms with E-state index in [4.69, 9.17) is 19.3 Å². The smallest absolute Gasteiger partial charge is 0.338 e. The molecule has 13 heteroatoms. The Morgan fingerprint density at radius 3 is 2.62 bits per heavy atom. The van der Waals surface area contributed by atoms with Crippen LogP contribution >= 0.6 is 11.3 Å². The molecule has 0 fully saturated rings. The third kappa shape index (κ3) is 4.66. The number of aromatic nitrogens is 1. The fraction of sp³-hybridized carbons (Fsp3) is 0.115. The number of ether oxygens (including phenoxy) is 1. The lowest BCUT2D eigenvalue weighted by Gasteiger charge is -2.25. The third-order valence-corrected chi connectivity index (χ3v) is 6.96. The molecule has 0 radical (unpaired) electrons. The summed E-state index contributed by atoms with van der Waals surface area (Å²) >= 11 is 0.968. The molecule has 198 valence electrons. The highest BCUT2D eigenvalue weighted by atomic mass is 32.1. The van der Waals surface area contributed by atoms with Crippen LogP contribution < -0.4 is 25.8 Å². The number of nitro benzene ring substituents is 1. The molecular formula is C26H20N4O8S. The first-order chi connectivity index (χ1) is 18.8. The van der Waals surface area contributed by atoms with E-state index in [0.717, 1.165) is 15.9 Å². The van der Waals surface area contributed by atoms with Crippen molar-refractivity contribution in [2.45, 2.75) is 12.8 Å². The second kappa shape index (κ2) is 10.3. The van der Waals surface area contributed by atoms with Gasteiger partial charge < -0.3 is 24.6 Å². The van der Waals surface area contributed by atoms with Crippen LogP contribution in [0.3, 0.4) is 0 Å². The van der Waals surface area contributed by atoms with Gasteiger partial charge >= 0.3 is 5.97 Å². The second-order valence-electron chi connectivity index (χ2n) is 8.21. The number of carbonyl (C=O) groups excluding carboxylic acids is 2. The molecular weight excluding hydrogens is 528 g/mol. The number of furan rings is 2. The van der Waals surface area contributed by atoms with Crippen LogP contribution in [0, 0.1) is 10.1 Å². The molecule has 1 amide bonds. The maximum Gasteiger partial charge on any atom is 0.338 e. The van der Waals surface area contributed by atoms with E-state index < -0.39 is 28.3 Å². The molecule has 4 heterocycles. The van der Waals surface area contributed by atoms with E-state index in [1.54, 1.807) is 31.2 Å². The number of anilines is 1. The molecule has 3 aromatic heterocycles. The Labute approximate surface area is 223 Å². The molecule has 39 heavy (non-hydrogen) atoms. The van der Waals surface area contributed by atoms with E-state index in [-0.39, 0.29) is 49.9 Å². The van der Waals surface area contributed by atoms with Crippen LogP contribution in [0.2, 0.25) is 0 Å². The van der Waals surface area contributed by atoms with Gasteiger partial charge in [0.2, 0.25) is 0 Å². The number of esters is 1. The van der Waals surface area contributed by atoms with Gasteiger partial charge in [0.1, 0.15) is 22.0 Å². The molecule has 0 bridgehead atoms. The zero-order valence-corrected chi connectivity index (χ0v) is 21.1. The Morgan fingerprint density at radius 2 is 1.95 bits per heavy atom. The number of thiazole rings is 1. The minimum atomic E-state index is -1.15. The van der Waals surface area contributed by atoms with E-state index in [0.29, 0.717) is 5.76 Å². The molecule has 0 spiro atoms. The van der Waals surface area contributed by atoms with Crippen molar-refractivity contribution in [3.05, 3.63) is 108 Å². The lowest BCUT2D eigenvalue weighted by atomic mass is 9.86. The molecule has 0 saturated heterocycles. The first-order valence-electron chi connectivity index (χ1n) is 11.6. The van der Waals surface area contributed by atoms with Crippen molar-refractivity contribution in [3.63, 3.8) is 0 Å². The van der Waals surface area contributed by atoms with Gasteiger partial charge in [0.15, 0.2) is 0 Å². The fourth-order valence-electron chi connectivity index (χ4n) is 4.22. The molecule has 4 aromatic rings. The molecule has 1 aliphatic heterocycles. The van der Waals surface area contributed by atoms with Gasteiger partial charge in [-0.25, -0.2) is 4.79 Å². The number of hydrogen-bond donors (Lipinski definition) is 2. The van der Waals surface area contributed by atoms with Crippen molar-refractivity contribution in [2.24, 2.45) is 5.73 Å². The van der Waals surface area contributed by atoms with E-state index in [2.05, 4.69) is 5.32 Å². The average Bonchev–Trinajstić information content (AvgIpc) is 3.67. The number of hydrogen-bond acceptors (Lipinski definition) is 10. The van der Waals surface area contributed by atoms with Gasteiger partial charge in [0.25, 0.3) is 17.2 Å². The fourth-order valence-corrected chi connectivity index (χ4v) is 5.37. The monoisotopic (exact) mass is 548 g/mol. The normalized spacial score (nSPS) is 15.3. The summed E-state index contributed by atoms with van der Waals surface area (Å²) in [5.41, 5.74) is 5.55. The average molecular weight is 549 g/mol. The quantitative estimate of drug-likeness (QED) is 0.199. The summed E-state index contributed by atoms with van der Waals surface area (Å²) in [6.07, 6.45) is 4.31. The van der Waals surface area contributed by atoms with Gasteiger partial charge in [-0.2, -0.15) is 0 Å². The van der Waals surface area contributed by atoms with Crippen molar-refractivity contribution in [1.82, 2.24) is 4.57 Å². The molecule has 3 N–H and O–H groups in total. The number of fused-ring (bicyclic) bond motifs is 1. The van der Waals surface area contributed by atoms with Gasteiger partial charge in [0, 0.05) is 23.9 Å². The van der Waals surface area contributed by atoms with Crippen LogP contribution in [0.4, 0.5) is 11.4 Å². The zero-order chi connectivity index (χ0) is 27.7. The lowest BCUT2D eigenvalue weighted by Crippen LogP contribution is -2.42. The highest BCUT2D eigenvalue weighted by molar-refractivity contribution is 7.07. The molecule has 1 atom stereocenters. The Hall–Kier alpha value is -5.17. The summed E-state index contributed by atoms with van der Waals surface area (Å²) in [5.74, 6) is -2.33. The van der Waals surface area contributed by atoms with E-state index in [9.17, 15) is 24.5 Å². The number of nitro groups is 1. The van der Waals surface area contributed by atoms with Crippen LogP contribution in [0.15, 0.2) is 80.3 Å².